The van der Waals surface area contributed by atoms with E-state index in [1.807, 2.05) is 0 Å². The molecule has 1 aliphatic heterocycles. The Balaban J connectivity index is 1.81. The first-order chi connectivity index (χ1) is 10.9. The number of aromatic nitrogens is 2. The Morgan fingerprint density at radius 2 is 1.52 bits per heavy atom. The number of halogens is 2. The van der Waals surface area contributed by atoms with Gasteiger partial charge in [0, 0.05) is 37.1 Å². The quantitative estimate of drug-likeness (QED) is 0.846. The van der Waals surface area contributed by atoms with E-state index in [2.05, 4.69) is 9.97 Å². The number of rotatable bonds is 2. The third-order valence-electron chi connectivity index (χ3n) is 3.59. The molecule has 1 saturated heterocycles. The van der Waals surface area contributed by atoms with Crippen LogP contribution in [0, 0.1) is 11.6 Å². The van der Waals surface area contributed by atoms with Crippen molar-refractivity contribution in [3.63, 3.8) is 0 Å². The smallest absolute Gasteiger partial charge is 0.291 e. The lowest BCUT2D eigenvalue weighted by atomic mass is 10.1. The molecule has 1 aromatic heterocycles. The summed E-state index contributed by atoms with van der Waals surface area (Å²) in [6, 6.07) is 3.03. The highest BCUT2D eigenvalue weighted by molar-refractivity contribution is 5.91. The average molecular weight is 321 g/mol. The predicted molar refractivity (Wildman–Crippen MR) is 75.3 cm³/mol. The van der Waals surface area contributed by atoms with Crippen molar-refractivity contribution in [3.05, 3.63) is 48.1 Å². The molecular formula is C15H13F2N3O3. The molecule has 0 spiro atoms. The second-order valence-corrected chi connectivity index (χ2v) is 5.30. The molecule has 2 aromatic rings. The summed E-state index contributed by atoms with van der Waals surface area (Å²) in [5, 5.41) is 18.9. The zero-order valence-electron chi connectivity index (χ0n) is 11.9. The maximum Gasteiger partial charge on any atom is 0.291 e. The Labute approximate surface area is 130 Å². The van der Waals surface area contributed by atoms with Crippen molar-refractivity contribution in [1.82, 2.24) is 14.9 Å². The molecule has 1 amide bonds. The van der Waals surface area contributed by atoms with Crippen LogP contribution in [0.5, 0.6) is 0 Å². The summed E-state index contributed by atoms with van der Waals surface area (Å²) in [6.07, 6.45) is 0.594. The minimum Gasteiger partial charge on any atom is -0.388 e. The van der Waals surface area contributed by atoms with Gasteiger partial charge in [-0.25, -0.2) is 18.7 Å². The van der Waals surface area contributed by atoms with E-state index in [4.69, 9.17) is 0 Å². The molecule has 6 nitrogen and oxygen atoms in total. The average Bonchev–Trinajstić information content (AvgIpc) is 2.85. The van der Waals surface area contributed by atoms with Gasteiger partial charge in [-0.2, -0.15) is 0 Å². The molecule has 0 unspecified atom stereocenters. The van der Waals surface area contributed by atoms with E-state index in [0.29, 0.717) is 5.56 Å². The number of benzene rings is 1. The van der Waals surface area contributed by atoms with Gasteiger partial charge in [-0.1, -0.05) is 0 Å². The number of amides is 1. The van der Waals surface area contributed by atoms with Gasteiger partial charge in [0.15, 0.2) is 0 Å². The highest BCUT2D eigenvalue weighted by Gasteiger charge is 2.33. The molecule has 1 aliphatic rings. The molecule has 8 heteroatoms. The Morgan fingerprint density at radius 3 is 2.04 bits per heavy atom. The van der Waals surface area contributed by atoms with Gasteiger partial charge in [0.05, 0.1) is 12.2 Å². The fraction of sp³-hybridized carbons (Fsp3) is 0.267. The van der Waals surface area contributed by atoms with Crippen molar-refractivity contribution >= 4 is 5.91 Å². The Kier molecular flexibility index (Phi) is 4.01. The van der Waals surface area contributed by atoms with E-state index in [1.54, 1.807) is 0 Å². The molecule has 2 N–H and O–H groups in total. The van der Waals surface area contributed by atoms with Crippen LogP contribution in [0.2, 0.25) is 0 Å². The number of aliphatic hydroxyl groups is 2. The first-order valence-electron chi connectivity index (χ1n) is 6.88. The zero-order chi connectivity index (χ0) is 16.6. The van der Waals surface area contributed by atoms with Crippen molar-refractivity contribution in [2.75, 3.05) is 13.1 Å². The highest BCUT2D eigenvalue weighted by atomic mass is 19.1. The minimum atomic E-state index is -0.992. The number of likely N-dealkylation sites (tertiary alicyclic amines) is 1. The molecule has 23 heavy (non-hydrogen) atoms. The second kappa shape index (κ2) is 5.98. The second-order valence-electron chi connectivity index (χ2n) is 5.30. The molecule has 1 fully saturated rings. The number of β-amino-alcohol motifs (C(OH)–C–C–N with tert-alkyl or cyclic N) is 2. The van der Waals surface area contributed by atoms with Crippen LogP contribution in [-0.4, -0.2) is 56.3 Å². The fourth-order valence-electron chi connectivity index (χ4n) is 2.38. The van der Waals surface area contributed by atoms with Crippen LogP contribution in [0.3, 0.4) is 0 Å². The predicted octanol–water partition coefficient (Wildman–Crippen LogP) is 0.599. The Morgan fingerprint density at radius 1 is 1.00 bits per heavy atom. The first-order valence-corrected chi connectivity index (χ1v) is 6.88. The number of hydrogen-bond donors (Lipinski definition) is 2. The third-order valence-corrected chi connectivity index (χ3v) is 3.59. The lowest BCUT2D eigenvalue weighted by molar-refractivity contribution is 0.0572. The summed E-state index contributed by atoms with van der Waals surface area (Å²) < 4.78 is 26.4. The van der Waals surface area contributed by atoms with Gasteiger partial charge in [-0.3, -0.25) is 4.79 Å². The maximum absolute atomic E-state index is 13.2. The van der Waals surface area contributed by atoms with Gasteiger partial charge < -0.3 is 15.1 Å². The maximum atomic E-state index is 13.2. The monoisotopic (exact) mass is 321 g/mol. The molecule has 2 atom stereocenters. The van der Waals surface area contributed by atoms with Crippen molar-refractivity contribution in [2.24, 2.45) is 0 Å². The van der Waals surface area contributed by atoms with Crippen molar-refractivity contribution < 1.29 is 23.8 Å². The number of nitrogens with zero attached hydrogens (tertiary/aromatic N) is 3. The van der Waals surface area contributed by atoms with Crippen LogP contribution in [0.4, 0.5) is 8.78 Å². The number of carbonyl (C=O) groups excluding carboxylic acids is 1. The molecule has 0 aliphatic carbocycles. The summed E-state index contributed by atoms with van der Waals surface area (Å²) in [4.78, 5) is 21.2. The van der Waals surface area contributed by atoms with Gasteiger partial charge in [0.25, 0.3) is 5.91 Å². The fourth-order valence-corrected chi connectivity index (χ4v) is 2.38. The normalized spacial score (nSPS) is 20.8. The van der Waals surface area contributed by atoms with Crippen LogP contribution in [0.25, 0.3) is 11.1 Å². The van der Waals surface area contributed by atoms with Gasteiger partial charge in [0.2, 0.25) is 5.82 Å². The van der Waals surface area contributed by atoms with E-state index >= 15 is 0 Å². The molecule has 1 aromatic carbocycles. The first kappa shape index (κ1) is 15.4. The van der Waals surface area contributed by atoms with Gasteiger partial charge in [-0.15, -0.1) is 0 Å². The van der Waals surface area contributed by atoms with Gasteiger partial charge in [-0.05, 0) is 17.7 Å². The molecule has 120 valence electrons. The summed E-state index contributed by atoms with van der Waals surface area (Å²) in [5.41, 5.74) is 0.620. The largest absolute Gasteiger partial charge is 0.388 e. The highest BCUT2D eigenvalue weighted by Crippen LogP contribution is 2.20. The van der Waals surface area contributed by atoms with Crippen LogP contribution in [0.15, 0.2) is 30.6 Å². The molecular weight excluding hydrogens is 308 g/mol. The van der Waals surface area contributed by atoms with Crippen LogP contribution >= 0.6 is 0 Å². The van der Waals surface area contributed by atoms with Crippen LogP contribution < -0.4 is 0 Å². The Bertz CT molecular complexity index is 709. The van der Waals surface area contributed by atoms with Crippen LogP contribution in [-0.2, 0) is 0 Å². The van der Waals surface area contributed by atoms with Crippen LogP contribution in [0.1, 0.15) is 10.6 Å². The topological polar surface area (TPSA) is 86.6 Å². The van der Waals surface area contributed by atoms with Gasteiger partial charge in [0.1, 0.15) is 11.6 Å². The summed E-state index contributed by atoms with van der Waals surface area (Å²) in [5.74, 6) is -2.09. The number of carbonyl (C=O) groups is 1. The van der Waals surface area contributed by atoms with E-state index < -0.39 is 29.7 Å². The molecule has 0 saturated carbocycles. The summed E-state index contributed by atoms with van der Waals surface area (Å²) in [6.45, 7) is 0.000435. The molecule has 0 radical (unpaired) electrons. The SMILES string of the molecule is O=C(c1ncc(-c2cc(F)cc(F)c2)cn1)N1C[C@@H](O)[C@H](O)C1. The zero-order valence-corrected chi connectivity index (χ0v) is 11.9. The lowest BCUT2D eigenvalue weighted by Crippen LogP contribution is -2.31. The van der Waals surface area contributed by atoms with Crippen molar-refractivity contribution in [1.29, 1.82) is 0 Å². The summed E-state index contributed by atoms with van der Waals surface area (Å²) in [7, 11) is 0. The Hall–Kier alpha value is -2.45. The number of hydrogen-bond acceptors (Lipinski definition) is 5. The molecule has 3 rings (SSSR count). The standard InChI is InChI=1S/C15H13F2N3O3/c16-10-1-8(2-11(17)3-10)9-4-18-14(19-5-9)15(23)20-6-12(21)13(22)7-20/h1-5,12-13,21-22H,6-7H2/t12-,13-/m1/s1. The molecule has 2 heterocycles. The van der Waals surface area contributed by atoms with Crippen molar-refractivity contribution in [2.45, 2.75) is 12.2 Å². The van der Waals surface area contributed by atoms with E-state index in [-0.39, 0.29) is 24.5 Å². The minimum absolute atomic E-state index is 0.000217. The van der Waals surface area contributed by atoms with E-state index in [9.17, 15) is 23.8 Å². The van der Waals surface area contributed by atoms with E-state index in [0.717, 1.165) is 18.2 Å². The number of aliphatic hydroxyl groups excluding tert-OH is 2. The molecule has 0 bridgehead atoms. The van der Waals surface area contributed by atoms with Gasteiger partial charge >= 0.3 is 0 Å². The third kappa shape index (κ3) is 3.17. The summed E-state index contributed by atoms with van der Waals surface area (Å²) >= 11 is 0. The van der Waals surface area contributed by atoms with Crippen molar-refractivity contribution in [3.8, 4) is 11.1 Å². The lowest BCUT2D eigenvalue weighted by Gasteiger charge is -2.13. The van der Waals surface area contributed by atoms with E-state index in [1.165, 1.54) is 17.3 Å².